The summed E-state index contributed by atoms with van der Waals surface area (Å²) >= 11 is 1.68. The molecule has 2 aliphatic carbocycles. The highest BCUT2D eigenvalue weighted by atomic mass is 32.1. The first kappa shape index (κ1) is 23.9. The maximum Gasteiger partial charge on any atom is 0.244 e. The van der Waals surface area contributed by atoms with Gasteiger partial charge in [-0.25, -0.2) is 4.98 Å². The highest BCUT2D eigenvalue weighted by Gasteiger charge is 2.28. The predicted molar refractivity (Wildman–Crippen MR) is 136 cm³/mol. The normalized spacial score (nSPS) is 23.0. The SMILES string of the molecule is CCCN(CCC1CCC(NC(=O)C=Cc2ccncc2)CC1)C1CCc2nc(N)sc2C1. The third-order valence-corrected chi connectivity index (χ3v) is 8.06. The van der Waals surface area contributed by atoms with Crippen LogP contribution >= 0.6 is 11.3 Å². The molecule has 0 saturated heterocycles. The summed E-state index contributed by atoms with van der Waals surface area (Å²) < 4.78 is 0. The van der Waals surface area contributed by atoms with E-state index < -0.39 is 0 Å². The summed E-state index contributed by atoms with van der Waals surface area (Å²) in [5.41, 5.74) is 8.17. The maximum absolute atomic E-state index is 12.3. The number of anilines is 1. The van der Waals surface area contributed by atoms with Crippen LogP contribution < -0.4 is 11.1 Å². The average molecular weight is 468 g/mol. The van der Waals surface area contributed by atoms with Gasteiger partial charge >= 0.3 is 0 Å². The number of fused-ring (bicyclic) bond motifs is 1. The number of nitrogen functional groups attached to an aromatic ring is 1. The summed E-state index contributed by atoms with van der Waals surface area (Å²) in [6, 6.07) is 4.72. The number of nitrogens with two attached hydrogens (primary N) is 1. The minimum absolute atomic E-state index is 0.00440. The Morgan fingerprint density at radius 1 is 1.21 bits per heavy atom. The Kier molecular flexibility index (Phi) is 8.51. The first-order valence-corrected chi connectivity index (χ1v) is 13.3. The van der Waals surface area contributed by atoms with Gasteiger partial charge in [-0.05, 0) is 101 Å². The minimum atomic E-state index is 0.00440. The van der Waals surface area contributed by atoms with E-state index in [4.69, 9.17) is 5.73 Å². The quantitative estimate of drug-likeness (QED) is 0.532. The van der Waals surface area contributed by atoms with Crippen LogP contribution in [0.5, 0.6) is 0 Å². The lowest BCUT2D eigenvalue weighted by molar-refractivity contribution is -0.117. The molecule has 1 amide bonds. The number of nitrogens with zero attached hydrogens (tertiary/aromatic N) is 3. The molecular formula is C26H37N5OS. The number of hydrogen-bond acceptors (Lipinski definition) is 6. The number of thiazole rings is 1. The van der Waals surface area contributed by atoms with Gasteiger partial charge in [-0.15, -0.1) is 11.3 Å². The van der Waals surface area contributed by atoms with E-state index in [1.165, 1.54) is 55.8 Å². The third kappa shape index (κ3) is 6.87. The molecule has 178 valence electrons. The second-order valence-corrected chi connectivity index (χ2v) is 10.6. The molecule has 2 aromatic rings. The van der Waals surface area contributed by atoms with Gasteiger partial charge in [0.25, 0.3) is 0 Å². The fraction of sp³-hybridized carbons (Fsp3) is 0.577. The summed E-state index contributed by atoms with van der Waals surface area (Å²) in [6.45, 7) is 4.63. The monoisotopic (exact) mass is 467 g/mol. The van der Waals surface area contributed by atoms with Crippen molar-refractivity contribution < 1.29 is 4.79 Å². The first-order valence-electron chi connectivity index (χ1n) is 12.5. The van der Waals surface area contributed by atoms with E-state index in [1.807, 2.05) is 18.2 Å². The molecule has 0 aromatic carbocycles. The summed E-state index contributed by atoms with van der Waals surface area (Å²) in [5, 5.41) is 3.91. The summed E-state index contributed by atoms with van der Waals surface area (Å²) in [4.78, 5) is 24.9. The molecule has 1 saturated carbocycles. The fourth-order valence-corrected chi connectivity index (χ4v) is 6.24. The van der Waals surface area contributed by atoms with Gasteiger partial charge in [-0.3, -0.25) is 9.78 Å². The topological polar surface area (TPSA) is 84.1 Å². The van der Waals surface area contributed by atoms with Gasteiger partial charge in [0.1, 0.15) is 0 Å². The molecule has 0 spiro atoms. The Morgan fingerprint density at radius 3 is 2.76 bits per heavy atom. The Labute approximate surface area is 201 Å². The lowest BCUT2D eigenvalue weighted by atomic mass is 9.83. The van der Waals surface area contributed by atoms with Crippen LogP contribution in [0.15, 0.2) is 30.6 Å². The van der Waals surface area contributed by atoms with E-state index in [-0.39, 0.29) is 5.91 Å². The molecule has 0 radical (unpaired) electrons. The highest BCUT2D eigenvalue weighted by Crippen LogP contribution is 2.32. The van der Waals surface area contributed by atoms with Gasteiger partial charge in [-0.2, -0.15) is 0 Å². The Balaban J connectivity index is 1.19. The van der Waals surface area contributed by atoms with Gasteiger partial charge < -0.3 is 16.0 Å². The number of nitrogens with one attached hydrogen (secondary N) is 1. The number of amides is 1. The number of carbonyl (C=O) groups excluding carboxylic acids is 1. The van der Waals surface area contributed by atoms with Crippen LogP contribution in [-0.2, 0) is 17.6 Å². The van der Waals surface area contributed by atoms with Crippen molar-refractivity contribution in [3.63, 3.8) is 0 Å². The highest BCUT2D eigenvalue weighted by molar-refractivity contribution is 7.15. The minimum Gasteiger partial charge on any atom is -0.375 e. The van der Waals surface area contributed by atoms with Crippen molar-refractivity contribution >= 4 is 28.5 Å². The van der Waals surface area contributed by atoms with E-state index >= 15 is 0 Å². The third-order valence-electron chi connectivity index (χ3n) is 7.11. The van der Waals surface area contributed by atoms with Crippen LogP contribution in [0.3, 0.4) is 0 Å². The van der Waals surface area contributed by atoms with Crippen LogP contribution in [0.25, 0.3) is 6.08 Å². The smallest absolute Gasteiger partial charge is 0.244 e. The van der Waals surface area contributed by atoms with E-state index in [9.17, 15) is 4.79 Å². The number of rotatable bonds is 9. The summed E-state index contributed by atoms with van der Waals surface area (Å²) in [7, 11) is 0. The number of aryl methyl sites for hydroxylation is 1. The van der Waals surface area contributed by atoms with E-state index in [0.717, 1.165) is 42.3 Å². The molecule has 0 aliphatic heterocycles. The molecule has 2 aliphatic rings. The molecule has 4 rings (SSSR count). The molecule has 0 bridgehead atoms. The van der Waals surface area contributed by atoms with Crippen molar-refractivity contribution in [1.82, 2.24) is 20.2 Å². The van der Waals surface area contributed by atoms with Crippen molar-refractivity contribution in [1.29, 1.82) is 0 Å². The van der Waals surface area contributed by atoms with Crippen molar-refractivity contribution in [2.45, 2.75) is 76.8 Å². The molecule has 1 fully saturated rings. The largest absolute Gasteiger partial charge is 0.375 e. The zero-order valence-electron chi connectivity index (χ0n) is 19.7. The number of pyridine rings is 1. The van der Waals surface area contributed by atoms with Crippen molar-refractivity contribution in [3.05, 3.63) is 46.7 Å². The standard InChI is InChI=1S/C26H37N5OS/c1-2-16-31(22-8-9-23-24(18-22)33-26(27)30-23)17-13-19-3-6-21(7-4-19)29-25(32)10-5-20-11-14-28-15-12-20/h5,10-12,14-15,19,21-22H,2-4,6-9,13,16-18H2,1H3,(H2,27,30)(H,29,32). The molecule has 2 heterocycles. The van der Waals surface area contributed by atoms with Crippen LogP contribution in [0.4, 0.5) is 5.13 Å². The van der Waals surface area contributed by atoms with E-state index in [1.54, 1.807) is 29.8 Å². The molecule has 33 heavy (non-hydrogen) atoms. The molecule has 3 N–H and O–H groups in total. The second-order valence-electron chi connectivity index (χ2n) is 9.48. The zero-order chi connectivity index (χ0) is 23.0. The van der Waals surface area contributed by atoms with E-state index in [2.05, 4.69) is 27.1 Å². The van der Waals surface area contributed by atoms with Gasteiger partial charge in [0.05, 0.1) is 5.69 Å². The summed E-state index contributed by atoms with van der Waals surface area (Å²) in [6.07, 6.45) is 17.4. The Bertz CT molecular complexity index is 920. The lowest BCUT2D eigenvalue weighted by Gasteiger charge is -2.36. The van der Waals surface area contributed by atoms with Gasteiger partial charge in [0, 0.05) is 35.4 Å². The number of aromatic nitrogens is 2. The lowest BCUT2D eigenvalue weighted by Crippen LogP contribution is -2.41. The van der Waals surface area contributed by atoms with Gasteiger partial charge in [-0.1, -0.05) is 6.92 Å². The average Bonchev–Trinajstić information content (AvgIpc) is 3.21. The molecule has 2 aromatic heterocycles. The molecule has 7 heteroatoms. The van der Waals surface area contributed by atoms with Crippen molar-refractivity contribution in [2.75, 3.05) is 18.8 Å². The van der Waals surface area contributed by atoms with E-state index in [0.29, 0.717) is 12.1 Å². The van der Waals surface area contributed by atoms with Crippen molar-refractivity contribution in [2.24, 2.45) is 5.92 Å². The maximum atomic E-state index is 12.3. The Morgan fingerprint density at radius 2 is 2.00 bits per heavy atom. The number of carbonyl (C=O) groups is 1. The van der Waals surface area contributed by atoms with Crippen LogP contribution in [0.2, 0.25) is 0 Å². The fourth-order valence-electron chi connectivity index (χ4n) is 5.29. The molecule has 1 atom stereocenters. The van der Waals surface area contributed by atoms with Gasteiger partial charge in [0.15, 0.2) is 5.13 Å². The number of hydrogen-bond donors (Lipinski definition) is 2. The molecular weight excluding hydrogens is 430 g/mol. The Hall–Kier alpha value is -2.25. The van der Waals surface area contributed by atoms with Gasteiger partial charge in [0.2, 0.25) is 5.91 Å². The second kappa shape index (κ2) is 11.7. The molecule has 6 nitrogen and oxygen atoms in total. The first-order chi connectivity index (χ1) is 16.1. The van der Waals surface area contributed by atoms with Crippen molar-refractivity contribution in [3.8, 4) is 0 Å². The zero-order valence-corrected chi connectivity index (χ0v) is 20.5. The van der Waals surface area contributed by atoms with Crippen LogP contribution in [0, 0.1) is 5.92 Å². The van der Waals surface area contributed by atoms with Crippen LogP contribution in [-0.4, -0.2) is 45.9 Å². The van der Waals surface area contributed by atoms with Crippen LogP contribution in [0.1, 0.15) is 68.0 Å². The predicted octanol–water partition coefficient (Wildman–Crippen LogP) is 4.47. The molecule has 1 unspecified atom stereocenters. The summed E-state index contributed by atoms with van der Waals surface area (Å²) in [5.74, 6) is 0.771.